The summed E-state index contributed by atoms with van der Waals surface area (Å²) in [5, 5.41) is 12.4. The number of piperazine rings is 1. The van der Waals surface area contributed by atoms with Crippen molar-refractivity contribution in [3.8, 4) is 17.2 Å². The number of carbonyl (C=O) groups is 1. The lowest BCUT2D eigenvalue weighted by Gasteiger charge is -2.36. The van der Waals surface area contributed by atoms with Gasteiger partial charge in [-0.2, -0.15) is 0 Å². The predicted octanol–water partition coefficient (Wildman–Crippen LogP) is 2.44. The molecular formula is C20H25N3O4. The van der Waals surface area contributed by atoms with Crippen LogP contribution in [0.3, 0.4) is 0 Å². The summed E-state index contributed by atoms with van der Waals surface area (Å²) in [5.41, 5.74) is 1.97. The van der Waals surface area contributed by atoms with E-state index in [9.17, 15) is 9.90 Å². The topological polar surface area (TPSA) is 74.3 Å². The van der Waals surface area contributed by atoms with Crippen LogP contribution in [0, 0.1) is 0 Å². The number of methoxy groups -OCH3 is 1. The van der Waals surface area contributed by atoms with Crippen LogP contribution >= 0.6 is 0 Å². The molecule has 0 bridgehead atoms. The summed E-state index contributed by atoms with van der Waals surface area (Å²) < 4.78 is 10.5. The highest BCUT2D eigenvalue weighted by atomic mass is 16.6. The first-order valence-corrected chi connectivity index (χ1v) is 8.92. The fourth-order valence-electron chi connectivity index (χ4n) is 3.18. The lowest BCUT2D eigenvalue weighted by Crippen LogP contribution is -2.45. The van der Waals surface area contributed by atoms with Gasteiger partial charge < -0.3 is 24.8 Å². The number of para-hydroxylation sites is 2. The maximum atomic E-state index is 11.4. The monoisotopic (exact) mass is 371 g/mol. The third kappa shape index (κ3) is 4.62. The van der Waals surface area contributed by atoms with Crippen LogP contribution in [0.5, 0.6) is 17.2 Å². The van der Waals surface area contributed by atoms with E-state index in [0.29, 0.717) is 17.2 Å². The first-order chi connectivity index (χ1) is 13.1. The van der Waals surface area contributed by atoms with Crippen molar-refractivity contribution >= 4 is 11.8 Å². The number of benzene rings is 2. The predicted molar refractivity (Wildman–Crippen MR) is 104 cm³/mol. The summed E-state index contributed by atoms with van der Waals surface area (Å²) in [6, 6.07) is 13.0. The summed E-state index contributed by atoms with van der Waals surface area (Å²) in [5.74, 6) is 1.25. The van der Waals surface area contributed by atoms with E-state index in [0.717, 1.165) is 44.0 Å². The SMILES string of the molecule is CNC(=O)Oc1ccc(CN2CCN(c3ccccc3O)CC2)cc1OC. The normalized spacial score (nSPS) is 14.7. The number of nitrogens with zero attached hydrogens (tertiary/aromatic N) is 2. The smallest absolute Gasteiger partial charge is 0.412 e. The summed E-state index contributed by atoms with van der Waals surface area (Å²) in [4.78, 5) is 16.0. The Labute approximate surface area is 159 Å². The van der Waals surface area contributed by atoms with Crippen molar-refractivity contribution in [2.75, 3.05) is 45.2 Å². The Morgan fingerprint density at radius 1 is 1.11 bits per heavy atom. The molecule has 2 N–H and O–H groups in total. The molecule has 1 amide bonds. The molecule has 2 aromatic carbocycles. The molecule has 1 aliphatic rings. The third-order valence-corrected chi connectivity index (χ3v) is 4.64. The zero-order valence-corrected chi connectivity index (χ0v) is 15.6. The lowest BCUT2D eigenvalue weighted by molar-refractivity contribution is 0.200. The summed E-state index contributed by atoms with van der Waals surface area (Å²) in [6.07, 6.45) is -0.527. The first kappa shape index (κ1) is 18.8. The van der Waals surface area contributed by atoms with Gasteiger partial charge in [-0.3, -0.25) is 4.90 Å². The molecule has 7 heteroatoms. The Balaban J connectivity index is 1.60. The van der Waals surface area contributed by atoms with Crippen LogP contribution in [0.4, 0.5) is 10.5 Å². The molecule has 0 saturated carbocycles. The Kier molecular flexibility index (Phi) is 6.03. The van der Waals surface area contributed by atoms with Crippen LogP contribution in [-0.4, -0.2) is 56.4 Å². The molecule has 1 aliphatic heterocycles. The number of nitrogens with one attached hydrogen (secondary N) is 1. The van der Waals surface area contributed by atoms with Gasteiger partial charge in [-0.05, 0) is 29.8 Å². The Morgan fingerprint density at radius 3 is 2.52 bits per heavy atom. The maximum absolute atomic E-state index is 11.4. The average molecular weight is 371 g/mol. The number of phenolic OH excluding ortho intramolecular Hbond substituents is 1. The number of rotatable bonds is 5. The number of hydrogen-bond donors (Lipinski definition) is 2. The van der Waals surface area contributed by atoms with Crippen molar-refractivity contribution in [3.63, 3.8) is 0 Å². The number of aromatic hydroxyl groups is 1. The van der Waals surface area contributed by atoms with Crippen molar-refractivity contribution in [2.24, 2.45) is 0 Å². The molecule has 144 valence electrons. The molecule has 27 heavy (non-hydrogen) atoms. The molecule has 0 radical (unpaired) electrons. The highest BCUT2D eigenvalue weighted by Crippen LogP contribution is 2.30. The van der Waals surface area contributed by atoms with Crippen LogP contribution in [0.25, 0.3) is 0 Å². The standard InChI is InChI=1S/C20H25N3O4/c1-21-20(25)27-18-8-7-15(13-19(18)26-2)14-22-9-11-23(12-10-22)16-5-3-4-6-17(16)24/h3-8,13,24H,9-12,14H2,1-2H3,(H,21,25). The molecule has 0 atom stereocenters. The van der Waals surface area contributed by atoms with E-state index in [1.54, 1.807) is 19.2 Å². The molecule has 2 aromatic rings. The molecule has 0 aromatic heterocycles. The largest absolute Gasteiger partial charge is 0.506 e. The van der Waals surface area contributed by atoms with Crippen LogP contribution in [-0.2, 0) is 6.54 Å². The molecule has 7 nitrogen and oxygen atoms in total. The number of amides is 1. The van der Waals surface area contributed by atoms with E-state index in [-0.39, 0.29) is 0 Å². The van der Waals surface area contributed by atoms with Gasteiger partial charge in [0.1, 0.15) is 5.75 Å². The number of anilines is 1. The average Bonchev–Trinajstić information content (AvgIpc) is 2.70. The Hall–Kier alpha value is -2.93. The number of carbonyl (C=O) groups excluding carboxylic acids is 1. The molecule has 1 fully saturated rings. The molecule has 3 rings (SSSR count). The van der Waals surface area contributed by atoms with Crippen molar-refractivity contribution in [2.45, 2.75) is 6.54 Å². The van der Waals surface area contributed by atoms with E-state index in [2.05, 4.69) is 15.1 Å². The maximum Gasteiger partial charge on any atom is 0.412 e. The fraction of sp³-hybridized carbons (Fsp3) is 0.350. The van der Waals surface area contributed by atoms with E-state index in [4.69, 9.17) is 9.47 Å². The van der Waals surface area contributed by atoms with Crippen LogP contribution < -0.4 is 19.7 Å². The fourth-order valence-corrected chi connectivity index (χ4v) is 3.18. The molecule has 0 aliphatic carbocycles. The van der Waals surface area contributed by atoms with Gasteiger partial charge in [0.25, 0.3) is 0 Å². The minimum absolute atomic E-state index is 0.322. The minimum atomic E-state index is -0.527. The zero-order valence-electron chi connectivity index (χ0n) is 15.6. The van der Waals surface area contributed by atoms with Gasteiger partial charge >= 0.3 is 6.09 Å². The molecule has 1 saturated heterocycles. The highest BCUT2D eigenvalue weighted by Gasteiger charge is 2.19. The van der Waals surface area contributed by atoms with Crippen LogP contribution in [0.15, 0.2) is 42.5 Å². The summed E-state index contributed by atoms with van der Waals surface area (Å²) >= 11 is 0. The first-order valence-electron chi connectivity index (χ1n) is 8.92. The Morgan fingerprint density at radius 2 is 1.85 bits per heavy atom. The van der Waals surface area contributed by atoms with E-state index in [1.165, 1.54) is 7.05 Å². The third-order valence-electron chi connectivity index (χ3n) is 4.64. The summed E-state index contributed by atoms with van der Waals surface area (Å²) in [6.45, 7) is 4.28. The second-order valence-electron chi connectivity index (χ2n) is 6.38. The van der Waals surface area contributed by atoms with E-state index in [1.807, 2.05) is 30.3 Å². The van der Waals surface area contributed by atoms with Crippen molar-refractivity contribution < 1.29 is 19.4 Å². The minimum Gasteiger partial charge on any atom is -0.506 e. The van der Waals surface area contributed by atoms with Gasteiger partial charge in [-0.15, -0.1) is 0 Å². The quantitative estimate of drug-likeness (QED) is 0.841. The van der Waals surface area contributed by atoms with E-state index >= 15 is 0 Å². The highest BCUT2D eigenvalue weighted by molar-refractivity contribution is 5.71. The molecule has 1 heterocycles. The van der Waals surface area contributed by atoms with Crippen molar-refractivity contribution in [3.05, 3.63) is 48.0 Å². The molecular weight excluding hydrogens is 346 g/mol. The Bertz CT molecular complexity index is 789. The van der Waals surface area contributed by atoms with Crippen molar-refractivity contribution in [1.29, 1.82) is 0 Å². The second-order valence-corrected chi connectivity index (χ2v) is 6.38. The molecule has 0 unspecified atom stereocenters. The van der Waals surface area contributed by atoms with Gasteiger partial charge in [0.15, 0.2) is 11.5 Å². The van der Waals surface area contributed by atoms with Gasteiger partial charge in [-0.1, -0.05) is 18.2 Å². The van der Waals surface area contributed by atoms with Crippen molar-refractivity contribution in [1.82, 2.24) is 10.2 Å². The molecule has 0 spiro atoms. The zero-order chi connectivity index (χ0) is 19.2. The van der Waals surface area contributed by atoms with Gasteiger partial charge in [0, 0.05) is 39.8 Å². The van der Waals surface area contributed by atoms with Crippen LogP contribution in [0.2, 0.25) is 0 Å². The van der Waals surface area contributed by atoms with Gasteiger partial charge in [0.05, 0.1) is 12.8 Å². The van der Waals surface area contributed by atoms with Gasteiger partial charge in [0.2, 0.25) is 0 Å². The lowest BCUT2D eigenvalue weighted by atomic mass is 10.1. The van der Waals surface area contributed by atoms with Crippen LogP contribution in [0.1, 0.15) is 5.56 Å². The van der Waals surface area contributed by atoms with E-state index < -0.39 is 6.09 Å². The number of phenols is 1. The number of ether oxygens (including phenoxy) is 2. The number of hydrogen-bond acceptors (Lipinski definition) is 6. The second kappa shape index (κ2) is 8.64. The summed E-state index contributed by atoms with van der Waals surface area (Å²) in [7, 11) is 3.07. The van der Waals surface area contributed by atoms with Gasteiger partial charge in [-0.25, -0.2) is 4.79 Å².